The highest BCUT2D eigenvalue weighted by Gasteiger charge is 2.34. The minimum Gasteiger partial charge on any atom is -0.383 e. The van der Waals surface area contributed by atoms with Gasteiger partial charge in [-0.05, 0) is 30.6 Å². The Hall–Kier alpha value is -0.0800. The van der Waals surface area contributed by atoms with Crippen molar-refractivity contribution in [3.63, 3.8) is 0 Å². The molecule has 0 aliphatic heterocycles. The zero-order chi connectivity index (χ0) is 14.0. The Morgan fingerprint density at radius 1 is 1.21 bits per heavy atom. The van der Waals surface area contributed by atoms with Crippen molar-refractivity contribution in [3.05, 3.63) is 0 Å². The summed E-state index contributed by atoms with van der Waals surface area (Å²) in [5.74, 6) is 0.947. The van der Waals surface area contributed by atoms with Gasteiger partial charge in [0.05, 0.1) is 6.61 Å². The molecular formula is C17H35NO. The highest BCUT2D eigenvalue weighted by molar-refractivity contribution is 4.88. The van der Waals surface area contributed by atoms with Crippen molar-refractivity contribution in [2.45, 2.75) is 71.6 Å². The fraction of sp³-hybridized carbons (Fsp3) is 1.00. The van der Waals surface area contributed by atoms with E-state index < -0.39 is 0 Å². The predicted octanol–water partition coefficient (Wildman–Crippen LogP) is 4.39. The molecule has 19 heavy (non-hydrogen) atoms. The molecule has 0 aromatic heterocycles. The lowest BCUT2D eigenvalue weighted by Gasteiger charge is -2.33. The smallest absolute Gasteiger partial charge is 0.0587 e. The second-order valence-electron chi connectivity index (χ2n) is 6.50. The van der Waals surface area contributed by atoms with E-state index in [2.05, 4.69) is 19.2 Å². The first-order valence-corrected chi connectivity index (χ1v) is 8.46. The van der Waals surface area contributed by atoms with Crippen molar-refractivity contribution in [1.29, 1.82) is 0 Å². The maximum absolute atomic E-state index is 5.13. The van der Waals surface area contributed by atoms with Crippen LogP contribution in [0.3, 0.4) is 0 Å². The second-order valence-corrected chi connectivity index (χ2v) is 6.50. The lowest BCUT2D eigenvalue weighted by atomic mass is 9.75. The molecule has 0 aromatic rings. The van der Waals surface area contributed by atoms with Crippen molar-refractivity contribution in [2.24, 2.45) is 11.3 Å². The molecule has 0 amide bonds. The van der Waals surface area contributed by atoms with Crippen LogP contribution in [0.5, 0.6) is 0 Å². The van der Waals surface area contributed by atoms with Gasteiger partial charge in [-0.25, -0.2) is 0 Å². The maximum Gasteiger partial charge on any atom is 0.0587 e. The highest BCUT2D eigenvalue weighted by Crippen LogP contribution is 2.44. The standard InChI is InChI=1S/C17H35NO/c1-4-6-9-16(5-2)14-17(10-7-8-11-17)15-18-12-13-19-3/h16,18H,4-15H2,1-3H3. The Labute approximate surface area is 120 Å². The number of unbranched alkanes of at least 4 members (excludes halogenated alkanes) is 1. The summed E-state index contributed by atoms with van der Waals surface area (Å²) in [7, 11) is 1.78. The summed E-state index contributed by atoms with van der Waals surface area (Å²) in [4.78, 5) is 0. The van der Waals surface area contributed by atoms with Crippen LogP contribution in [-0.4, -0.2) is 26.8 Å². The van der Waals surface area contributed by atoms with E-state index in [1.54, 1.807) is 7.11 Å². The summed E-state index contributed by atoms with van der Waals surface area (Å²) in [6, 6.07) is 0. The Bertz CT molecular complexity index is 211. The van der Waals surface area contributed by atoms with E-state index in [0.29, 0.717) is 5.41 Å². The molecular weight excluding hydrogens is 234 g/mol. The molecule has 1 N–H and O–H groups in total. The number of hydrogen-bond acceptors (Lipinski definition) is 2. The van der Waals surface area contributed by atoms with Gasteiger partial charge in [-0.1, -0.05) is 52.4 Å². The van der Waals surface area contributed by atoms with Gasteiger partial charge in [0.2, 0.25) is 0 Å². The van der Waals surface area contributed by atoms with Gasteiger partial charge in [0, 0.05) is 20.2 Å². The van der Waals surface area contributed by atoms with Crippen molar-refractivity contribution < 1.29 is 4.74 Å². The summed E-state index contributed by atoms with van der Waals surface area (Å²) in [6.45, 7) is 7.73. The summed E-state index contributed by atoms with van der Waals surface area (Å²) in [5.41, 5.74) is 0.599. The molecule has 0 heterocycles. The van der Waals surface area contributed by atoms with E-state index >= 15 is 0 Å². The largest absolute Gasteiger partial charge is 0.383 e. The van der Waals surface area contributed by atoms with Crippen LogP contribution < -0.4 is 5.32 Å². The van der Waals surface area contributed by atoms with E-state index in [4.69, 9.17) is 4.74 Å². The molecule has 1 fully saturated rings. The zero-order valence-corrected chi connectivity index (χ0v) is 13.5. The van der Waals surface area contributed by atoms with Gasteiger partial charge in [-0.3, -0.25) is 0 Å². The maximum atomic E-state index is 5.13. The second kappa shape index (κ2) is 9.77. The summed E-state index contributed by atoms with van der Waals surface area (Å²) in [6.07, 6.45) is 12.8. The van der Waals surface area contributed by atoms with Gasteiger partial charge in [0.15, 0.2) is 0 Å². The van der Waals surface area contributed by atoms with Gasteiger partial charge >= 0.3 is 0 Å². The number of methoxy groups -OCH3 is 1. The van der Waals surface area contributed by atoms with Crippen molar-refractivity contribution in [1.82, 2.24) is 5.32 Å². The Morgan fingerprint density at radius 2 is 1.95 bits per heavy atom. The van der Waals surface area contributed by atoms with Crippen LogP contribution in [0.15, 0.2) is 0 Å². The van der Waals surface area contributed by atoms with Crippen LogP contribution in [0.1, 0.15) is 71.6 Å². The molecule has 0 spiro atoms. The summed E-state index contributed by atoms with van der Waals surface area (Å²) < 4.78 is 5.13. The van der Waals surface area contributed by atoms with E-state index in [1.165, 1.54) is 64.3 Å². The van der Waals surface area contributed by atoms with Crippen molar-refractivity contribution >= 4 is 0 Å². The summed E-state index contributed by atoms with van der Waals surface area (Å²) >= 11 is 0. The molecule has 1 atom stereocenters. The Balaban J connectivity index is 2.40. The molecule has 114 valence electrons. The minimum atomic E-state index is 0.599. The average molecular weight is 269 g/mol. The van der Waals surface area contributed by atoms with Crippen LogP contribution in [0, 0.1) is 11.3 Å². The van der Waals surface area contributed by atoms with E-state index in [0.717, 1.165) is 19.1 Å². The van der Waals surface area contributed by atoms with Crippen LogP contribution in [-0.2, 0) is 4.74 Å². The van der Waals surface area contributed by atoms with Gasteiger partial charge < -0.3 is 10.1 Å². The molecule has 0 aromatic carbocycles. The number of hydrogen-bond donors (Lipinski definition) is 1. The van der Waals surface area contributed by atoms with E-state index in [-0.39, 0.29) is 0 Å². The topological polar surface area (TPSA) is 21.3 Å². The van der Waals surface area contributed by atoms with Crippen LogP contribution in [0.25, 0.3) is 0 Å². The fourth-order valence-electron chi connectivity index (χ4n) is 3.66. The third-order valence-electron chi connectivity index (χ3n) is 4.91. The van der Waals surface area contributed by atoms with Gasteiger partial charge in [-0.15, -0.1) is 0 Å². The summed E-state index contributed by atoms with van der Waals surface area (Å²) in [5, 5.41) is 3.63. The number of nitrogens with one attached hydrogen (secondary N) is 1. The monoisotopic (exact) mass is 269 g/mol. The van der Waals surface area contributed by atoms with Crippen LogP contribution >= 0.6 is 0 Å². The molecule has 1 rings (SSSR count). The predicted molar refractivity (Wildman–Crippen MR) is 83.6 cm³/mol. The minimum absolute atomic E-state index is 0.599. The third-order valence-corrected chi connectivity index (χ3v) is 4.91. The average Bonchev–Trinajstić information content (AvgIpc) is 2.88. The SMILES string of the molecule is CCCCC(CC)CC1(CNCCOC)CCCC1. The molecule has 2 heteroatoms. The van der Waals surface area contributed by atoms with E-state index in [1.807, 2.05) is 0 Å². The van der Waals surface area contributed by atoms with Crippen molar-refractivity contribution in [2.75, 3.05) is 26.8 Å². The lowest BCUT2D eigenvalue weighted by Crippen LogP contribution is -2.35. The molecule has 0 saturated heterocycles. The van der Waals surface area contributed by atoms with E-state index in [9.17, 15) is 0 Å². The molecule has 1 aliphatic carbocycles. The van der Waals surface area contributed by atoms with Gasteiger partial charge in [0.25, 0.3) is 0 Å². The zero-order valence-electron chi connectivity index (χ0n) is 13.5. The molecule has 0 bridgehead atoms. The van der Waals surface area contributed by atoms with Gasteiger partial charge in [-0.2, -0.15) is 0 Å². The first kappa shape index (κ1) is 17.0. The first-order valence-electron chi connectivity index (χ1n) is 8.46. The molecule has 0 radical (unpaired) electrons. The van der Waals surface area contributed by atoms with Crippen molar-refractivity contribution in [3.8, 4) is 0 Å². The van der Waals surface area contributed by atoms with Gasteiger partial charge in [0.1, 0.15) is 0 Å². The highest BCUT2D eigenvalue weighted by atomic mass is 16.5. The molecule has 1 unspecified atom stereocenters. The number of rotatable bonds is 11. The van der Waals surface area contributed by atoms with Crippen LogP contribution in [0.4, 0.5) is 0 Å². The third kappa shape index (κ3) is 6.27. The Morgan fingerprint density at radius 3 is 2.53 bits per heavy atom. The number of ether oxygens (including phenoxy) is 1. The molecule has 1 aliphatic rings. The first-order chi connectivity index (χ1) is 9.26. The normalized spacial score (nSPS) is 19.7. The molecule has 2 nitrogen and oxygen atoms in total. The Kier molecular flexibility index (Phi) is 8.72. The molecule has 1 saturated carbocycles. The van der Waals surface area contributed by atoms with Crippen LogP contribution in [0.2, 0.25) is 0 Å². The lowest BCUT2D eigenvalue weighted by molar-refractivity contribution is 0.173. The fourth-order valence-corrected chi connectivity index (χ4v) is 3.66. The quantitative estimate of drug-likeness (QED) is 0.562.